The summed E-state index contributed by atoms with van der Waals surface area (Å²) in [4.78, 5) is 0. The second-order valence-electron chi connectivity index (χ2n) is 3.24. The van der Waals surface area contributed by atoms with Crippen LogP contribution in [0, 0.1) is 0 Å². The van der Waals surface area contributed by atoms with Gasteiger partial charge in [0, 0.05) is 10.5 Å². The zero-order valence-corrected chi connectivity index (χ0v) is 10.7. The first-order chi connectivity index (χ1) is 6.72. The standard InChI is InChI=1S/C10H12BrNO2.ClH/c1-2-8(12)6-3-9-10(4-7(6)11)14-5-13-9;/h3-4,8H,2,5,12H2,1H3;1H/t8-;/m1./s1. The molecular formula is C10H13BrClNO2. The highest BCUT2D eigenvalue weighted by Crippen LogP contribution is 2.38. The number of nitrogens with two attached hydrogens (primary N) is 1. The molecule has 0 amide bonds. The third-order valence-electron chi connectivity index (χ3n) is 2.33. The molecule has 0 bridgehead atoms. The first kappa shape index (κ1) is 12.6. The Morgan fingerprint density at radius 1 is 1.40 bits per heavy atom. The van der Waals surface area contributed by atoms with Crippen LogP contribution in [-0.4, -0.2) is 6.79 Å². The maximum Gasteiger partial charge on any atom is 0.231 e. The summed E-state index contributed by atoms with van der Waals surface area (Å²) >= 11 is 3.48. The summed E-state index contributed by atoms with van der Waals surface area (Å²) in [7, 11) is 0. The second-order valence-corrected chi connectivity index (χ2v) is 4.10. The minimum absolute atomic E-state index is 0. The number of ether oxygens (including phenoxy) is 2. The molecule has 0 unspecified atom stereocenters. The Balaban J connectivity index is 0.00000112. The van der Waals surface area contributed by atoms with E-state index in [0.717, 1.165) is 28.0 Å². The average Bonchev–Trinajstić information content (AvgIpc) is 2.62. The molecular weight excluding hydrogens is 281 g/mol. The van der Waals surface area contributed by atoms with Crippen LogP contribution in [0.15, 0.2) is 16.6 Å². The van der Waals surface area contributed by atoms with Gasteiger partial charge in [0.2, 0.25) is 6.79 Å². The number of fused-ring (bicyclic) bond motifs is 1. The van der Waals surface area contributed by atoms with Crippen molar-refractivity contribution < 1.29 is 9.47 Å². The quantitative estimate of drug-likeness (QED) is 0.912. The highest BCUT2D eigenvalue weighted by Gasteiger charge is 2.18. The number of hydrogen-bond donors (Lipinski definition) is 1. The number of halogens is 2. The van der Waals surface area contributed by atoms with Crippen molar-refractivity contribution in [1.29, 1.82) is 0 Å². The van der Waals surface area contributed by atoms with Gasteiger partial charge in [-0.1, -0.05) is 22.9 Å². The van der Waals surface area contributed by atoms with E-state index in [1.54, 1.807) is 0 Å². The fourth-order valence-electron chi connectivity index (χ4n) is 1.44. The lowest BCUT2D eigenvalue weighted by Crippen LogP contribution is -2.09. The van der Waals surface area contributed by atoms with Crippen molar-refractivity contribution in [1.82, 2.24) is 0 Å². The summed E-state index contributed by atoms with van der Waals surface area (Å²) in [6.07, 6.45) is 0.901. The van der Waals surface area contributed by atoms with Crippen LogP contribution in [0.1, 0.15) is 24.9 Å². The summed E-state index contributed by atoms with van der Waals surface area (Å²) in [6, 6.07) is 3.90. The van der Waals surface area contributed by atoms with Crippen LogP contribution in [0.4, 0.5) is 0 Å². The van der Waals surface area contributed by atoms with Crippen LogP contribution >= 0.6 is 28.3 Å². The molecule has 5 heteroatoms. The molecule has 2 N–H and O–H groups in total. The minimum atomic E-state index is 0. The van der Waals surface area contributed by atoms with Gasteiger partial charge in [-0.15, -0.1) is 12.4 Å². The van der Waals surface area contributed by atoms with E-state index in [1.807, 2.05) is 12.1 Å². The van der Waals surface area contributed by atoms with E-state index in [0.29, 0.717) is 6.79 Å². The van der Waals surface area contributed by atoms with E-state index in [4.69, 9.17) is 15.2 Å². The molecule has 3 nitrogen and oxygen atoms in total. The summed E-state index contributed by atoms with van der Waals surface area (Å²) in [5.41, 5.74) is 7.03. The van der Waals surface area contributed by atoms with Gasteiger partial charge in [0.05, 0.1) is 0 Å². The predicted molar refractivity (Wildman–Crippen MR) is 64.7 cm³/mol. The Labute approximate surface area is 103 Å². The van der Waals surface area contributed by atoms with E-state index in [2.05, 4.69) is 22.9 Å². The molecule has 0 fully saturated rings. The molecule has 1 aliphatic rings. The Morgan fingerprint density at radius 2 is 2.00 bits per heavy atom. The summed E-state index contributed by atoms with van der Waals surface area (Å²) < 4.78 is 11.5. The maximum absolute atomic E-state index is 5.96. The zero-order valence-electron chi connectivity index (χ0n) is 8.33. The van der Waals surface area contributed by atoms with Crippen molar-refractivity contribution in [3.05, 3.63) is 22.2 Å². The van der Waals surface area contributed by atoms with Gasteiger partial charge in [0.25, 0.3) is 0 Å². The molecule has 0 saturated heterocycles. The topological polar surface area (TPSA) is 44.5 Å². The Hall–Kier alpha value is -0.450. The fourth-order valence-corrected chi connectivity index (χ4v) is 2.05. The van der Waals surface area contributed by atoms with Crippen LogP contribution < -0.4 is 15.2 Å². The number of rotatable bonds is 2. The maximum atomic E-state index is 5.96. The zero-order chi connectivity index (χ0) is 10.1. The van der Waals surface area contributed by atoms with Crippen molar-refractivity contribution in [3.63, 3.8) is 0 Å². The minimum Gasteiger partial charge on any atom is -0.454 e. The summed E-state index contributed by atoms with van der Waals surface area (Å²) in [5, 5.41) is 0. The fraction of sp³-hybridized carbons (Fsp3) is 0.400. The molecule has 0 aromatic heterocycles. The molecule has 0 radical (unpaired) electrons. The van der Waals surface area contributed by atoms with Gasteiger partial charge in [0.15, 0.2) is 11.5 Å². The largest absolute Gasteiger partial charge is 0.454 e. The van der Waals surface area contributed by atoms with E-state index < -0.39 is 0 Å². The van der Waals surface area contributed by atoms with Crippen LogP contribution in [0.2, 0.25) is 0 Å². The first-order valence-corrected chi connectivity index (χ1v) is 5.36. The average molecular weight is 295 g/mol. The summed E-state index contributed by atoms with van der Waals surface area (Å²) in [6.45, 7) is 2.36. The van der Waals surface area contributed by atoms with E-state index >= 15 is 0 Å². The molecule has 1 aromatic carbocycles. The van der Waals surface area contributed by atoms with Gasteiger partial charge in [-0.2, -0.15) is 0 Å². The third kappa shape index (κ3) is 2.38. The highest BCUT2D eigenvalue weighted by molar-refractivity contribution is 9.10. The smallest absolute Gasteiger partial charge is 0.231 e. The molecule has 1 heterocycles. The SMILES string of the molecule is CC[C@@H](N)c1cc2c(cc1Br)OCO2.Cl. The van der Waals surface area contributed by atoms with Crippen molar-refractivity contribution in [2.75, 3.05) is 6.79 Å². The highest BCUT2D eigenvalue weighted by atomic mass is 79.9. The lowest BCUT2D eigenvalue weighted by Gasteiger charge is -2.12. The second kappa shape index (κ2) is 5.05. The van der Waals surface area contributed by atoms with Crippen molar-refractivity contribution in [2.45, 2.75) is 19.4 Å². The van der Waals surface area contributed by atoms with E-state index in [1.165, 1.54) is 0 Å². The van der Waals surface area contributed by atoms with Crippen LogP contribution in [0.25, 0.3) is 0 Å². The molecule has 2 rings (SSSR count). The molecule has 0 saturated carbocycles. The summed E-state index contributed by atoms with van der Waals surface area (Å²) in [5.74, 6) is 1.57. The molecule has 0 spiro atoms. The molecule has 1 atom stereocenters. The van der Waals surface area contributed by atoms with Crippen LogP contribution in [-0.2, 0) is 0 Å². The predicted octanol–water partition coefficient (Wildman–Crippen LogP) is 3.01. The van der Waals surface area contributed by atoms with Gasteiger partial charge in [-0.3, -0.25) is 0 Å². The lowest BCUT2D eigenvalue weighted by molar-refractivity contribution is 0.174. The van der Waals surface area contributed by atoms with Gasteiger partial charge >= 0.3 is 0 Å². The number of hydrogen-bond acceptors (Lipinski definition) is 3. The third-order valence-corrected chi connectivity index (χ3v) is 3.02. The Morgan fingerprint density at radius 3 is 2.60 bits per heavy atom. The van der Waals surface area contributed by atoms with Gasteiger partial charge in [0.1, 0.15) is 0 Å². The van der Waals surface area contributed by atoms with Crippen LogP contribution in [0.3, 0.4) is 0 Å². The van der Waals surface area contributed by atoms with Crippen molar-refractivity contribution in [2.24, 2.45) is 5.73 Å². The number of benzene rings is 1. The van der Waals surface area contributed by atoms with Gasteiger partial charge in [-0.05, 0) is 24.1 Å². The van der Waals surface area contributed by atoms with E-state index in [9.17, 15) is 0 Å². The normalized spacial score (nSPS) is 14.6. The lowest BCUT2D eigenvalue weighted by atomic mass is 10.1. The molecule has 15 heavy (non-hydrogen) atoms. The molecule has 1 aliphatic heterocycles. The molecule has 84 valence electrons. The van der Waals surface area contributed by atoms with Crippen LogP contribution in [0.5, 0.6) is 11.5 Å². The van der Waals surface area contributed by atoms with Gasteiger partial charge < -0.3 is 15.2 Å². The Kier molecular flexibility index (Phi) is 4.25. The molecule has 0 aliphatic carbocycles. The van der Waals surface area contributed by atoms with Crippen molar-refractivity contribution >= 4 is 28.3 Å². The first-order valence-electron chi connectivity index (χ1n) is 4.57. The Bertz CT molecular complexity index is 360. The van der Waals surface area contributed by atoms with E-state index in [-0.39, 0.29) is 18.4 Å². The monoisotopic (exact) mass is 293 g/mol. The molecule has 1 aromatic rings. The van der Waals surface area contributed by atoms with Crippen molar-refractivity contribution in [3.8, 4) is 11.5 Å². The van der Waals surface area contributed by atoms with Gasteiger partial charge in [-0.25, -0.2) is 0 Å².